The van der Waals surface area contributed by atoms with E-state index in [-0.39, 0.29) is 21.0 Å². The molecule has 0 unspecified atom stereocenters. The molecule has 2 N–H and O–H groups in total. The molecule has 0 saturated carbocycles. The smallest absolute Gasteiger partial charge is 0.267 e. The van der Waals surface area contributed by atoms with Crippen molar-refractivity contribution in [2.24, 2.45) is 0 Å². The Morgan fingerprint density at radius 1 is 0.833 bits per heavy atom. The molecule has 1 aliphatic heterocycles. The zero-order valence-corrected chi connectivity index (χ0v) is 18.4. The fraction of sp³-hybridized carbons (Fsp3) is 0.300. The van der Waals surface area contributed by atoms with Crippen LogP contribution in [0.1, 0.15) is 46.4 Å². The molecule has 3 rings (SSSR count). The van der Waals surface area contributed by atoms with Crippen molar-refractivity contribution in [3.63, 3.8) is 0 Å². The molecule has 1 aliphatic rings. The van der Waals surface area contributed by atoms with Crippen molar-refractivity contribution in [3.05, 3.63) is 63.6 Å². The predicted molar refractivity (Wildman–Crippen MR) is 115 cm³/mol. The third-order valence-corrected chi connectivity index (χ3v) is 7.26. The van der Waals surface area contributed by atoms with Gasteiger partial charge in [-0.1, -0.05) is 36.0 Å². The van der Waals surface area contributed by atoms with E-state index in [9.17, 15) is 18.0 Å². The number of amides is 2. The monoisotopic (exact) mass is 469 g/mol. The van der Waals surface area contributed by atoms with E-state index in [1.54, 1.807) is 6.07 Å². The summed E-state index contributed by atoms with van der Waals surface area (Å²) in [5.74, 6) is -1.23. The second-order valence-corrected chi connectivity index (χ2v) is 9.66. The van der Waals surface area contributed by atoms with Gasteiger partial charge in [-0.2, -0.15) is 4.31 Å². The van der Waals surface area contributed by atoms with Crippen LogP contribution in [0, 0.1) is 0 Å². The van der Waals surface area contributed by atoms with Gasteiger partial charge in [-0.05, 0) is 55.3 Å². The topological polar surface area (TPSA) is 95.6 Å². The Balaban J connectivity index is 1.65. The van der Waals surface area contributed by atoms with Crippen LogP contribution in [0.3, 0.4) is 0 Å². The lowest BCUT2D eigenvalue weighted by Crippen LogP contribution is -2.41. The molecule has 1 fully saturated rings. The van der Waals surface area contributed by atoms with Gasteiger partial charge in [-0.15, -0.1) is 0 Å². The van der Waals surface area contributed by atoms with Crippen molar-refractivity contribution in [1.82, 2.24) is 15.2 Å². The summed E-state index contributed by atoms with van der Waals surface area (Å²) in [6, 6.07) is 9.99. The highest BCUT2D eigenvalue weighted by Crippen LogP contribution is 2.21. The summed E-state index contributed by atoms with van der Waals surface area (Å²) in [6.07, 6.45) is 3.74. The van der Waals surface area contributed by atoms with E-state index in [4.69, 9.17) is 23.2 Å². The zero-order chi connectivity index (χ0) is 21.7. The minimum atomic E-state index is -3.59. The van der Waals surface area contributed by atoms with Gasteiger partial charge in [-0.25, -0.2) is 8.42 Å². The normalized spacial score (nSPS) is 15.3. The standard InChI is InChI=1S/C20H21Cl2N3O4S/c21-15-7-10-18(22)17(13-15)20(27)24-23-19(26)14-5-8-16(9-6-14)30(28,29)25-11-3-1-2-4-12-25/h5-10,13H,1-4,11-12H2,(H,23,26)(H,24,27). The number of carbonyl (C=O) groups excluding carboxylic acids is 2. The molecule has 0 aromatic heterocycles. The van der Waals surface area contributed by atoms with Crippen LogP contribution in [0.5, 0.6) is 0 Å². The van der Waals surface area contributed by atoms with Crippen LogP contribution in [-0.4, -0.2) is 37.6 Å². The molecule has 0 spiro atoms. The van der Waals surface area contributed by atoms with E-state index < -0.39 is 21.8 Å². The van der Waals surface area contributed by atoms with Gasteiger partial charge < -0.3 is 0 Å². The van der Waals surface area contributed by atoms with Crippen molar-refractivity contribution in [2.75, 3.05) is 13.1 Å². The number of carbonyl (C=O) groups is 2. The SMILES string of the molecule is O=C(NNC(=O)c1cc(Cl)ccc1Cl)c1ccc(S(=O)(=O)N2CCCCCC2)cc1. The zero-order valence-electron chi connectivity index (χ0n) is 16.0. The minimum absolute atomic E-state index is 0.114. The molecule has 160 valence electrons. The van der Waals surface area contributed by atoms with Crippen molar-refractivity contribution in [1.29, 1.82) is 0 Å². The number of nitrogens with one attached hydrogen (secondary N) is 2. The third kappa shape index (κ3) is 5.31. The van der Waals surface area contributed by atoms with Crippen LogP contribution < -0.4 is 10.9 Å². The Morgan fingerprint density at radius 2 is 1.43 bits per heavy atom. The summed E-state index contributed by atoms with van der Waals surface area (Å²) < 4.78 is 27.1. The first kappa shape index (κ1) is 22.6. The molecule has 2 aromatic rings. The average Bonchev–Trinajstić information content (AvgIpc) is 3.04. The molecule has 1 heterocycles. The highest BCUT2D eigenvalue weighted by atomic mass is 35.5. The summed E-state index contributed by atoms with van der Waals surface area (Å²) in [7, 11) is -3.59. The highest BCUT2D eigenvalue weighted by molar-refractivity contribution is 7.89. The Hall–Kier alpha value is -2.13. The van der Waals surface area contributed by atoms with Crippen molar-refractivity contribution in [3.8, 4) is 0 Å². The fourth-order valence-electron chi connectivity index (χ4n) is 3.13. The average molecular weight is 470 g/mol. The Labute approximate surface area is 185 Å². The van der Waals surface area contributed by atoms with E-state index in [1.807, 2.05) is 0 Å². The van der Waals surface area contributed by atoms with Gasteiger partial charge in [0.1, 0.15) is 0 Å². The van der Waals surface area contributed by atoms with Crippen LogP contribution in [0.25, 0.3) is 0 Å². The van der Waals surface area contributed by atoms with Crippen LogP contribution in [-0.2, 0) is 10.0 Å². The van der Waals surface area contributed by atoms with Crippen LogP contribution in [0.2, 0.25) is 10.0 Å². The lowest BCUT2D eigenvalue weighted by atomic mass is 10.2. The molecule has 7 nitrogen and oxygen atoms in total. The number of hydrogen-bond donors (Lipinski definition) is 2. The second kappa shape index (κ2) is 9.78. The van der Waals surface area contributed by atoms with Gasteiger partial charge >= 0.3 is 0 Å². The summed E-state index contributed by atoms with van der Waals surface area (Å²) >= 11 is 11.8. The van der Waals surface area contributed by atoms with E-state index in [0.717, 1.165) is 25.7 Å². The number of hydrazine groups is 1. The molecule has 10 heteroatoms. The van der Waals surface area contributed by atoms with Crippen LogP contribution in [0.4, 0.5) is 0 Å². The summed E-state index contributed by atoms with van der Waals surface area (Å²) in [5, 5.41) is 0.520. The summed E-state index contributed by atoms with van der Waals surface area (Å²) in [6.45, 7) is 1.01. The van der Waals surface area contributed by atoms with Crippen LogP contribution in [0.15, 0.2) is 47.4 Å². The van der Waals surface area contributed by atoms with E-state index in [1.165, 1.54) is 40.7 Å². The molecular weight excluding hydrogens is 449 g/mol. The largest absolute Gasteiger partial charge is 0.271 e. The molecule has 1 saturated heterocycles. The van der Waals surface area contributed by atoms with E-state index >= 15 is 0 Å². The Morgan fingerprint density at radius 3 is 2.07 bits per heavy atom. The fourth-order valence-corrected chi connectivity index (χ4v) is 5.03. The van der Waals surface area contributed by atoms with Gasteiger partial charge in [0.15, 0.2) is 0 Å². The third-order valence-electron chi connectivity index (χ3n) is 4.78. The number of halogens is 2. The number of hydrogen-bond acceptors (Lipinski definition) is 4. The molecule has 30 heavy (non-hydrogen) atoms. The summed E-state index contributed by atoms with van der Waals surface area (Å²) in [4.78, 5) is 24.6. The first-order valence-corrected chi connectivity index (χ1v) is 11.6. The molecular formula is C20H21Cl2N3O4S. The number of rotatable bonds is 4. The number of benzene rings is 2. The van der Waals surface area contributed by atoms with Gasteiger partial charge in [0.2, 0.25) is 10.0 Å². The molecule has 0 aliphatic carbocycles. The van der Waals surface area contributed by atoms with E-state index in [2.05, 4.69) is 10.9 Å². The second-order valence-electron chi connectivity index (χ2n) is 6.88. The highest BCUT2D eigenvalue weighted by Gasteiger charge is 2.25. The van der Waals surface area contributed by atoms with Crippen molar-refractivity contribution >= 4 is 45.0 Å². The van der Waals surface area contributed by atoms with Gasteiger partial charge in [0.25, 0.3) is 11.8 Å². The molecule has 0 bridgehead atoms. The van der Waals surface area contributed by atoms with E-state index in [0.29, 0.717) is 18.1 Å². The number of nitrogens with zero attached hydrogens (tertiary/aromatic N) is 1. The maximum absolute atomic E-state index is 12.8. The lowest BCUT2D eigenvalue weighted by molar-refractivity contribution is 0.0846. The Bertz CT molecular complexity index is 1030. The maximum atomic E-state index is 12.8. The molecule has 0 atom stereocenters. The Kier molecular flexibility index (Phi) is 7.36. The molecule has 0 radical (unpaired) electrons. The lowest BCUT2D eigenvalue weighted by Gasteiger charge is -2.20. The number of sulfonamides is 1. The summed E-state index contributed by atoms with van der Waals surface area (Å²) in [5.41, 5.74) is 4.85. The van der Waals surface area contributed by atoms with Gasteiger partial charge in [0.05, 0.1) is 15.5 Å². The van der Waals surface area contributed by atoms with Crippen molar-refractivity contribution < 1.29 is 18.0 Å². The quantitative estimate of drug-likeness (QED) is 0.668. The maximum Gasteiger partial charge on any atom is 0.271 e. The van der Waals surface area contributed by atoms with Gasteiger partial charge in [-0.3, -0.25) is 20.4 Å². The van der Waals surface area contributed by atoms with Crippen molar-refractivity contribution in [2.45, 2.75) is 30.6 Å². The predicted octanol–water partition coefficient (Wildman–Crippen LogP) is 3.63. The van der Waals surface area contributed by atoms with Crippen LogP contribution >= 0.6 is 23.2 Å². The minimum Gasteiger partial charge on any atom is -0.267 e. The first-order valence-electron chi connectivity index (χ1n) is 9.45. The first-order chi connectivity index (χ1) is 14.3. The molecule has 2 aromatic carbocycles. The molecule has 2 amide bonds. The van der Waals surface area contributed by atoms with Gasteiger partial charge in [0, 0.05) is 23.7 Å².